The van der Waals surface area contributed by atoms with E-state index in [4.69, 9.17) is 5.11 Å². The van der Waals surface area contributed by atoms with Gasteiger partial charge in [-0.3, -0.25) is 4.79 Å². The number of aromatic nitrogens is 2. The van der Waals surface area contributed by atoms with E-state index in [0.29, 0.717) is 6.54 Å². The lowest BCUT2D eigenvalue weighted by Gasteiger charge is -2.09. The van der Waals surface area contributed by atoms with E-state index in [0.717, 1.165) is 5.82 Å². The van der Waals surface area contributed by atoms with Crippen molar-refractivity contribution in [2.24, 2.45) is 5.92 Å². The topological polar surface area (TPSA) is 89.3 Å². The molecule has 1 aromatic rings. The molecule has 17 heavy (non-hydrogen) atoms. The number of carboxylic acids is 1. The third kappa shape index (κ3) is 4.18. The minimum absolute atomic E-state index is 0.0676. The van der Waals surface area contributed by atoms with Gasteiger partial charge in [0.15, 0.2) is 9.84 Å². The molecule has 1 aromatic heterocycles. The van der Waals surface area contributed by atoms with Crippen LogP contribution in [-0.4, -0.2) is 40.6 Å². The average molecular weight is 260 g/mol. The van der Waals surface area contributed by atoms with Crippen molar-refractivity contribution in [1.29, 1.82) is 0 Å². The van der Waals surface area contributed by atoms with Gasteiger partial charge in [0.05, 0.1) is 17.4 Å². The highest BCUT2D eigenvalue weighted by Gasteiger charge is 2.20. The number of aliphatic carboxylic acids is 1. The van der Waals surface area contributed by atoms with Gasteiger partial charge < -0.3 is 9.67 Å². The highest BCUT2D eigenvalue weighted by atomic mass is 32.2. The summed E-state index contributed by atoms with van der Waals surface area (Å²) in [4.78, 5) is 14.6. The highest BCUT2D eigenvalue weighted by molar-refractivity contribution is 7.91. The van der Waals surface area contributed by atoms with E-state index >= 15 is 0 Å². The Labute approximate surface area is 100 Å². The van der Waals surface area contributed by atoms with E-state index in [-0.39, 0.29) is 11.5 Å². The van der Waals surface area contributed by atoms with Gasteiger partial charge >= 0.3 is 5.97 Å². The summed E-state index contributed by atoms with van der Waals surface area (Å²) in [6.45, 7) is 3.48. The Hall–Kier alpha value is -1.37. The number of rotatable bonds is 6. The molecule has 1 rings (SSSR count). The molecule has 0 aliphatic carbocycles. The van der Waals surface area contributed by atoms with E-state index in [1.54, 1.807) is 23.9 Å². The van der Waals surface area contributed by atoms with Crippen molar-refractivity contribution in [3.05, 3.63) is 18.2 Å². The van der Waals surface area contributed by atoms with Gasteiger partial charge in [0, 0.05) is 18.9 Å². The molecule has 96 valence electrons. The third-order valence-corrected chi connectivity index (χ3v) is 4.30. The lowest BCUT2D eigenvalue weighted by atomic mass is 10.2. The predicted octanol–water partition coefficient (Wildman–Crippen LogP) is 0.327. The molecule has 0 radical (unpaired) electrons. The van der Waals surface area contributed by atoms with Crippen LogP contribution in [0, 0.1) is 12.8 Å². The molecule has 1 unspecified atom stereocenters. The van der Waals surface area contributed by atoms with Crippen molar-refractivity contribution in [2.75, 3.05) is 11.5 Å². The lowest BCUT2D eigenvalue weighted by Crippen LogP contribution is -2.24. The van der Waals surface area contributed by atoms with Crippen molar-refractivity contribution < 1.29 is 18.3 Å². The maximum Gasteiger partial charge on any atom is 0.307 e. The summed E-state index contributed by atoms with van der Waals surface area (Å²) in [5, 5.41) is 8.66. The molecule has 1 atom stereocenters. The summed E-state index contributed by atoms with van der Waals surface area (Å²) in [6.07, 6.45) is 3.30. The number of carbonyl (C=O) groups is 1. The summed E-state index contributed by atoms with van der Waals surface area (Å²) in [5.41, 5.74) is 0. The monoisotopic (exact) mass is 260 g/mol. The van der Waals surface area contributed by atoms with Gasteiger partial charge in [-0.25, -0.2) is 13.4 Å². The summed E-state index contributed by atoms with van der Waals surface area (Å²) < 4.78 is 25.0. The quantitative estimate of drug-likeness (QED) is 0.796. The van der Waals surface area contributed by atoms with Gasteiger partial charge in [-0.05, 0) is 6.92 Å². The fraction of sp³-hybridized carbons (Fsp3) is 0.600. The fourth-order valence-electron chi connectivity index (χ4n) is 1.41. The van der Waals surface area contributed by atoms with Crippen LogP contribution in [0.15, 0.2) is 12.4 Å². The number of aryl methyl sites for hydroxylation is 2. The Morgan fingerprint density at radius 2 is 2.24 bits per heavy atom. The summed E-state index contributed by atoms with van der Waals surface area (Å²) in [6, 6.07) is 0. The second kappa shape index (κ2) is 5.31. The first-order valence-electron chi connectivity index (χ1n) is 5.23. The van der Waals surface area contributed by atoms with Crippen LogP contribution in [0.3, 0.4) is 0 Å². The van der Waals surface area contributed by atoms with Gasteiger partial charge in [-0.15, -0.1) is 0 Å². The second-order valence-electron chi connectivity index (χ2n) is 4.02. The SMILES string of the molecule is Cc1nccn1CCS(=O)(=O)CC(C)C(=O)O. The second-order valence-corrected chi connectivity index (χ2v) is 6.25. The molecule has 0 aliphatic rings. The van der Waals surface area contributed by atoms with E-state index in [9.17, 15) is 13.2 Å². The summed E-state index contributed by atoms with van der Waals surface area (Å²) in [5.74, 6) is -1.61. The van der Waals surface area contributed by atoms with E-state index in [2.05, 4.69) is 4.98 Å². The first-order chi connectivity index (χ1) is 7.82. The first kappa shape index (κ1) is 13.7. The zero-order chi connectivity index (χ0) is 13.1. The van der Waals surface area contributed by atoms with Crippen LogP contribution in [0.4, 0.5) is 0 Å². The third-order valence-electron chi connectivity index (χ3n) is 2.49. The number of hydrogen-bond acceptors (Lipinski definition) is 4. The minimum atomic E-state index is -3.35. The molecule has 6 nitrogen and oxygen atoms in total. The van der Waals surface area contributed by atoms with Gasteiger partial charge in [0.1, 0.15) is 5.82 Å². The van der Waals surface area contributed by atoms with Gasteiger partial charge in [-0.1, -0.05) is 6.92 Å². The van der Waals surface area contributed by atoms with Crippen molar-refractivity contribution >= 4 is 15.8 Å². The van der Waals surface area contributed by atoms with Crippen molar-refractivity contribution in [2.45, 2.75) is 20.4 Å². The number of hydrogen-bond donors (Lipinski definition) is 1. The van der Waals surface area contributed by atoms with Crippen LogP contribution < -0.4 is 0 Å². The van der Waals surface area contributed by atoms with Crippen LogP contribution in [0.1, 0.15) is 12.7 Å². The lowest BCUT2D eigenvalue weighted by molar-refractivity contribution is -0.140. The summed E-state index contributed by atoms with van der Waals surface area (Å²) >= 11 is 0. The van der Waals surface area contributed by atoms with Gasteiger partial charge in [-0.2, -0.15) is 0 Å². The molecule has 0 aromatic carbocycles. The highest BCUT2D eigenvalue weighted by Crippen LogP contribution is 2.04. The van der Waals surface area contributed by atoms with E-state index in [1.165, 1.54) is 6.92 Å². The number of sulfone groups is 1. The van der Waals surface area contributed by atoms with Crippen LogP contribution >= 0.6 is 0 Å². The van der Waals surface area contributed by atoms with Crippen molar-refractivity contribution in [3.8, 4) is 0 Å². The molecule has 0 saturated carbocycles. The van der Waals surface area contributed by atoms with Crippen LogP contribution in [-0.2, 0) is 21.2 Å². The zero-order valence-corrected chi connectivity index (χ0v) is 10.6. The molecule has 0 spiro atoms. The van der Waals surface area contributed by atoms with Crippen molar-refractivity contribution in [3.63, 3.8) is 0 Å². The summed E-state index contributed by atoms with van der Waals surface area (Å²) in [7, 11) is -3.35. The Bertz CT molecular complexity index is 492. The Balaban J connectivity index is 2.56. The largest absolute Gasteiger partial charge is 0.481 e. The molecule has 7 heteroatoms. The van der Waals surface area contributed by atoms with Crippen LogP contribution in [0.25, 0.3) is 0 Å². The fourth-order valence-corrected chi connectivity index (χ4v) is 2.96. The smallest absolute Gasteiger partial charge is 0.307 e. The van der Waals surface area contributed by atoms with Crippen LogP contribution in [0.2, 0.25) is 0 Å². The molecule has 0 amide bonds. The zero-order valence-electron chi connectivity index (χ0n) is 9.83. The van der Waals surface area contributed by atoms with Gasteiger partial charge in [0.25, 0.3) is 0 Å². The van der Waals surface area contributed by atoms with E-state index < -0.39 is 21.7 Å². The maximum absolute atomic E-state index is 11.7. The molecule has 0 aliphatic heterocycles. The molecular formula is C10H16N2O4S. The predicted molar refractivity (Wildman–Crippen MR) is 62.4 cm³/mol. The Morgan fingerprint density at radius 3 is 2.71 bits per heavy atom. The molecule has 0 fully saturated rings. The molecule has 0 saturated heterocycles. The van der Waals surface area contributed by atoms with E-state index in [1.807, 2.05) is 0 Å². The number of nitrogens with zero attached hydrogens (tertiary/aromatic N) is 2. The van der Waals surface area contributed by atoms with Gasteiger partial charge in [0.2, 0.25) is 0 Å². The maximum atomic E-state index is 11.7. The molecular weight excluding hydrogens is 244 g/mol. The molecule has 1 heterocycles. The molecule has 0 bridgehead atoms. The molecule has 1 N–H and O–H groups in total. The first-order valence-corrected chi connectivity index (χ1v) is 7.05. The normalized spacial score (nSPS) is 13.5. The van der Waals surface area contributed by atoms with Crippen molar-refractivity contribution in [1.82, 2.24) is 9.55 Å². The number of imidazole rings is 1. The number of carboxylic acid groups (broad SMARTS) is 1. The standard InChI is InChI=1S/C10H16N2O4S/c1-8(10(13)14)7-17(15,16)6-5-12-4-3-11-9(12)2/h3-4,8H,5-7H2,1-2H3,(H,13,14). The Kier molecular flexibility index (Phi) is 4.28. The minimum Gasteiger partial charge on any atom is -0.481 e. The average Bonchev–Trinajstić information content (AvgIpc) is 2.60. The van der Waals surface area contributed by atoms with Crippen LogP contribution in [0.5, 0.6) is 0 Å². The Morgan fingerprint density at radius 1 is 1.59 bits per heavy atom.